The van der Waals surface area contributed by atoms with E-state index in [1.54, 1.807) is 18.0 Å². The van der Waals surface area contributed by atoms with Crippen molar-refractivity contribution < 1.29 is 15.0 Å². The maximum absolute atomic E-state index is 10.1. The first-order chi connectivity index (χ1) is 10.8. The number of aliphatic imine (C=N–C) groups is 1. The molecule has 1 aromatic carbocycles. The second kappa shape index (κ2) is 6.97. The standard InChI is InChI=1S/C14H15N3OS.C2H4O2/c1-8-7-15-13-14(18)16-9(2)11-6-10(19-3)4-5-12(11)17(8)13;1-2(3)4/h4-7,14,18H,1-3H3;1H3,(H,3,4). The number of hydrogen-bond acceptors (Lipinski definition) is 5. The van der Waals surface area contributed by atoms with Crippen LogP contribution in [0.1, 0.15) is 37.2 Å². The summed E-state index contributed by atoms with van der Waals surface area (Å²) >= 11 is 1.70. The second-order valence-electron chi connectivity index (χ2n) is 5.08. The highest BCUT2D eigenvalue weighted by Gasteiger charge is 2.23. The third kappa shape index (κ3) is 3.62. The van der Waals surface area contributed by atoms with Crippen molar-refractivity contribution in [2.45, 2.75) is 31.9 Å². The summed E-state index contributed by atoms with van der Waals surface area (Å²) in [6.45, 7) is 4.99. The smallest absolute Gasteiger partial charge is 0.300 e. The topological polar surface area (TPSA) is 87.7 Å². The van der Waals surface area contributed by atoms with E-state index in [1.165, 1.54) is 4.90 Å². The molecule has 1 unspecified atom stereocenters. The molecule has 2 heterocycles. The molecule has 1 aliphatic heterocycles. The number of imidazole rings is 1. The maximum atomic E-state index is 10.1. The van der Waals surface area contributed by atoms with Crippen molar-refractivity contribution in [3.8, 4) is 5.69 Å². The Balaban J connectivity index is 0.000000433. The number of carboxylic acids is 1. The van der Waals surface area contributed by atoms with Crippen LogP contribution in [-0.2, 0) is 4.79 Å². The molecule has 3 rings (SSSR count). The van der Waals surface area contributed by atoms with Gasteiger partial charge in [0.2, 0.25) is 6.23 Å². The first kappa shape index (κ1) is 17.2. The first-order valence-electron chi connectivity index (χ1n) is 7.00. The molecule has 0 amide bonds. The summed E-state index contributed by atoms with van der Waals surface area (Å²) in [5, 5.41) is 17.6. The van der Waals surface area contributed by atoms with Gasteiger partial charge in [0.1, 0.15) is 0 Å². The van der Waals surface area contributed by atoms with Crippen LogP contribution in [0.5, 0.6) is 0 Å². The zero-order valence-electron chi connectivity index (χ0n) is 13.4. The minimum Gasteiger partial charge on any atom is -0.481 e. The van der Waals surface area contributed by atoms with Gasteiger partial charge in [0.05, 0.1) is 5.69 Å². The lowest BCUT2D eigenvalue weighted by Crippen LogP contribution is -2.06. The second-order valence-corrected chi connectivity index (χ2v) is 5.96. The Labute approximate surface area is 138 Å². The molecule has 122 valence electrons. The molecule has 1 atom stereocenters. The van der Waals surface area contributed by atoms with Gasteiger partial charge in [-0.05, 0) is 38.3 Å². The van der Waals surface area contributed by atoms with Gasteiger partial charge in [-0.25, -0.2) is 4.98 Å². The Morgan fingerprint density at radius 1 is 1.35 bits per heavy atom. The maximum Gasteiger partial charge on any atom is 0.300 e. The number of carbonyl (C=O) groups is 1. The summed E-state index contributed by atoms with van der Waals surface area (Å²) in [7, 11) is 0. The summed E-state index contributed by atoms with van der Waals surface area (Å²) in [5.41, 5.74) is 3.91. The summed E-state index contributed by atoms with van der Waals surface area (Å²) < 4.78 is 1.98. The molecular formula is C16H19N3O3S. The Morgan fingerprint density at radius 3 is 2.61 bits per heavy atom. The van der Waals surface area contributed by atoms with Crippen LogP contribution in [-0.4, -0.2) is 37.7 Å². The van der Waals surface area contributed by atoms with Crippen molar-refractivity contribution in [2.75, 3.05) is 6.26 Å². The molecule has 0 spiro atoms. The number of thioether (sulfide) groups is 1. The lowest BCUT2D eigenvalue weighted by atomic mass is 10.1. The summed E-state index contributed by atoms with van der Waals surface area (Å²) in [6.07, 6.45) is 2.91. The third-order valence-corrected chi connectivity index (χ3v) is 4.07. The summed E-state index contributed by atoms with van der Waals surface area (Å²) in [5.74, 6) is -0.257. The fraction of sp³-hybridized carbons (Fsp3) is 0.312. The number of aromatic nitrogens is 2. The quantitative estimate of drug-likeness (QED) is 0.784. The predicted molar refractivity (Wildman–Crippen MR) is 90.6 cm³/mol. The Morgan fingerprint density at radius 2 is 2.00 bits per heavy atom. The molecule has 2 N–H and O–H groups in total. The van der Waals surface area contributed by atoms with Crippen molar-refractivity contribution in [3.63, 3.8) is 0 Å². The number of aliphatic carboxylic acids is 1. The molecule has 0 saturated heterocycles. The lowest BCUT2D eigenvalue weighted by molar-refractivity contribution is -0.134. The molecule has 0 fully saturated rings. The van der Waals surface area contributed by atoms with Crippen LogP contribution in [0.25, 0.3) is 5.69 Å². The van der Waals surface area contributed by atoms with Crippen molar-refractivity contribution in [1.29, 1.82) is 0 Å². The van der Waals surface area contributed by atoms with Crippen LogP contribution >= 0.6 is 11.8 Å². The van der Waals surface area contributed by atoms with Gasteiger partial charge in [-0.2, -0.15) is 0 Å². The van der Waals surface area contributed by atoms with E-state index in [-0.39, 0.29) is 0 Å². The monoisotopic (exact) mass is 333 g/mol. The molecule has 23 heavy (non-hydrogen) atoms. The number of benzene rings is 1. The van der Waals surface area contributed by atoms with E-state index in [4.69, 9.17) is 9.90 Å². The number of fused-ring (bicyclic) bond motifs is 3. The van der Waals surface area contributed by atoms with Crippen molar-refractivity contribution in [1.82, 2.24) is 9.55 Å². The molecule has 0 bridgehead atoms. The summed E-state index contributed by atoms with van der Waals surface area (Å²) in [6, 6.07) is 6.26. The normalized spacial score (nSPS) is 15.5. The van der Waals surface area contributed by atoms with E-state index < -0.39 is 12.2 Å². The summed E-state index contributed by atoms with van der Waals surface area (Å²) in [4.78, 5) is 18.8. The van der Waals surface area contributed by atoms with E-state index in [2.05, 4.69) is 28.2 Å². The first-order valence-corrected chi connectivity index (χ1v) is 8.22. The van der Waals surface area contributed by atoms with Gasteiger partial charge < -0.3 is 10.2 Å². The molecule has 6 nitrogen and oxygen atoms in total. The average Bonchev–Trinajstić information content (AvgIpc) is 2.83. The van der Waals surface area contributed by atoms with Gasteiger partial charge in [-0.3, -0.25) is 14.4 Å². The lowest BCUT2D eigenvalue weighted by Gasteiger charge is -2.12. The van der Waals surface area contributed by atoms with Crippen LogP contribution in [0, 0.1) is 6.92 Å². The zero-order chi connectivity index (χ0) is 17.1. The van der Waals surface area contributed by atoms with Crippen LogP contribution in [0.15, 0.2) is 34.3 Å². The zero-order valence-corrected chi connectivity index (χ0v) is 14.3. The molecule has 7 heteroatoms. The Kier molecular flexibility index (Phi) is 5.23. The minimum atomic E-state index is -0.904. The van der Waals surface area contributed by atoms with Gasteiger partial charge in [-0.1, -0.05) is 0 Å². The predicted octanol–water partition coefficient (Wildman–Crippen LogP) is 2.81. The fourth-order valence-electron chi connectivity index (χ4n) is 2.39. The fourth-order valence-corrected chi connectivity index (χ4v) is 2.83. The number of aliphatic hydroxyl groups is 1. The van der Waals surface area contributed by atoms with Crippen LogP contribution in [0.4, 0.5) is 0 Å². The van der Waals surface area contributed by atoms with Crippen molar-refractivity contribution >= 4 is 23.4 Å². The number of hydrogen-bond donors (Lipinski definition) is 2. The van der Waals surface area contributed by atoms with Crippen molar-refractivity contribution in [3.05, 3.63) is 41.5 Å². The number of aryl methyl sites for hydroxylation is 1. The van der Waals surface area contributed by atoms with E-state index in [0.717, 1.165) is 29.6 Å². The average molecular weight is 333 g/mol. The van der Waals surface area contributed by atoms with Gasteiger partial charge in [0.25, 0.3) is 5.97 Å². The molecule has 1 aliphatic rings. The number of aliphatic hydroxyl groups excluding tert-OH is 1. The van der Waals surface area contributed by atoms with E-state index in [0.29, 0.717) is 5.82 Å². The Bertz CT molecular complexity index is 764. The minimum absolute atomic E-state index is 0.576. The van der Waals surface area contributed by atoms with Gasteiger partial charge in [0, 0.05) is 35.0 Å². The van der Waals surface area contributed by atoms with E-state index >= 15 is 0 Å². The van der Waals surface area contributed by atoms with Crippen molar-refractivity contribution in [2.24, 2.45) is 4.99 Å². The largest absolute Gasteiger partial charge is 0.481 e. The number of carboxylic acid groups (broad SMARTS) is 1. The van der Waals surface area contributed by atoms with Gasteiger partial charge >= 0.3 is 0 Å². The molecular weight excluding hydrogens is 314 g/mol. The molecule has 2 aromatic rings. The molecule has 0 radical (unpaired) electrons. The highest BCUT2D eigenvalue weighted by Crippen LogP contribution is 2.30. The van der Waals surface area contributed by atoms with Crippen LogP contribution < -0.4 is 0 Å². The third-order valence-electron chi connectivity index (χ3n) is 3.35. The van der Waals surface area contributed by atoms with Crippen LogP contribution in [0.3, 0.4) is 0 Å². The SMILES string of the molecule is CC(=O)O.CSc1ccc2c(c1)C(C)=NC(O)c1ncc(C)n1-2. The van der Waals surface area contributed by atoms with Crippen LogP contribution in [0.2, 0.25) is 0 Å². The Hall–Kier alpha value is -2.12. The van der Waals surface area contributed by atoms with E-state index in [1.807, 2.05) is 24.7 Å². The molecule has 0 saturated carbocycles. The molecule has 1 aromatic heterocycles. The molecule has 0 aliphatic carbocycles. The highest BCUT2D eigenvalue weighted by molar-refractivity contribution is 7.98. The number of nitrogens with zero attached hydrogens (tertiary/aromatic N) is 3. The van der Waals surface area contributed by atoms with Gasteiger partial charge in [0.15, 0.2) is 5.82 Å². The highest BCUT2D eigenvalue weighted by atomic mass is 32.2. The number of rotatable bonds is 1. The van der Waals surface area contributed by atoms with Gasteiger partial charge in [-0.15, -0.1) is 11.8 Å². The van der Waals surface area contributed by atoms with E-state index in [9.17, 15) is 5.11 Å².